The van der Waals surface area contributed by atoms with Crippen LogP contribution in [0.4, 0.5) is 26.3 Å². The van der Waals surface area contributed by atoms with Gasteiger partial charge in [-0.05, 0) is 12.1 Å². The third-order valence-corrected chi connectivity index (χ3v) is 2.39. The van der Waals surface area contributed by atoms with E-state index in [1.165, 1.54) is 0 Å². The molecule has 0 fully saturated rings. The molecule has 100 valence electrons. The zero-order valence-corrected chi connectivity index (χ0v) is 9.04. The number of benzene rings is 1. The Hall–Kier alpha value is -1.44. The molecule has 0 saturated heterocycles. The Morgan fingerprint density at radius 2 is 1.56 bits per heavy atom. The quantitative estimate of drug-likeness (QED) is 0.791. The second-order valence-electron chi connectivity index (χ2n) is 3.21. The second kappa shape index (κ2) is 4.34. The van der Waals surface area contributed by atoms with E-state index in [1.54, 1.807) is 0 Å². The van der Waals surface area contributed by atoms with Crippen molar-refractivity contribution in [1.29, 1.82) is 0 Å². The van der Waals surface area contributed by atoms with E-state index in [4.69, 9.17) is 11.6 Å². The summed E-state index contributed by atoms with van der Waals surface area (Å²) in [6.45, 7) is 0. The highest BCUT2D eigenvalue weighted by Crippen LogP contribution is 2.43. The van der Waals surface area contributed by atoms with Crippen LogP contribution >= 0.6 is 11.6 Å². The lowest BCUT2D eigenvalue weighted by molar-refractivity contribution is -0.143. The number of hydrogen-bond donors (Lipinski definition) is 1. The summed E-state index contributed by atoms with van der Waals surface area (Å²) in [6, 6.07) is 0.623. The lowest BCUT2D eigenvalue weighted by Crippen LogP contribution is -2.21. The summed E-state index contributed by atoms with van der Waals surface area (Å²) in [7, 11) is 0. The van der Waals surface area contributed by atoms with Gasteiger partial charge in [0.25, 0.3) is 0 Å². The molecule has 9 heteroatoms. The summed E-state index contributed by atoms with van der Waals surface area (Å²) in [4.78, 5) is 10.8. The molecule has 0 atom stereocenters. The molecule has 1 aromatic carbocycles. The normalized spacial score (nSPS) is 12.6. The number of alkyl halides is 6. The smallest absolute Gasteiger partial charge is 0.366 e. The molecule has 0 radical (unpaired) electrons. The number of halogens is 7. The van der Waals surface area contributed by atoms with Crippen molar-refractivity contribution in [2.24, 2.45) is 5.73 Å². The van der Waals surface area contributed by atoms with Crippen LogP contribution in [0.25, 0.3) is 0 Å². The van der Waals surface area contributed by atoms with Crippen LogP contribution in [0, 0.1) is 0 Å². The molecular formula is C9H4ClF6NO. The number of carbonyl (C=O) groups is 1. The summed E-state index contributed by atoms with van der Waals surface area (Å²) in [5, 5.41) is -1.59. The van der Waals surface area contributed by atoms with Crippen LogP contribution in [0.2, 0.25) is 5.02 Å². The minimum absolute atomic E-state index is 0.275. The highest BCUT2D eigenvalue weighted by Gasteiger charge is 2.43. The molecule has 2 nitrogen and oxygen atoms in total. The van der Waals surface area contributed by atoms with E-state index in [-0.39, 0.29) is 6.07 Å². The monoisotopic (exact) mass is 291 g/mol. The molecule has 1 amide bonds. The van der Waals surface area contributed by atoms with Gasteiger partial charge in [-0.1, -0.05) is 11.6 Å². The summed E-state index contributed by atoms with van der Waals surface area (Å²) >= 11 is 5.08. The van der Waals surface area contributed by atoms with Crippen LogP contribution in [-0.4, -0.2) is 5.91 Å². The summed E-state index contributed by atoms with van der Waals surface area (Å²) in [5.74, 6) is -1.52. The fourth-order valence-electron chi connectivity index (χ4n) is 1.28. The maximum atomic E-state index is 12.6. The van der Waals surface area contributed by atoms with Crippen molar-refractivity contribution in [1.82, 2.24) is 0 Å². The molecule has 0 heterocycles. The molecule has 0 aliphatic rings. The molecule has 0 spiro atoms. The average molecular weight is 292 g/mol. The molecular weight excluding hydrogens is 288 g/mol. The molecule has 1 rings (SSSR count). The van der Waals surface area contributed by atoms with Gasteiger partial charge in [-0.2, -0.15) is 26.3 Å². The molecule has 0 saturated carbocycles. The number of rotatable bonds is 1. The number of primary amides is 1. The molecule has 2 N–H and O–H groups in total. The Labute approximate surface area is 101 Å². The van der Waals surface area contributed by atoms with E-state index in [9.17, 15) is 31.1 Å². The van der Waals surface area contributed by atoms with Crippen LogP contribution in [0.5, 0.6) is 0 Å². The van der Waals surface area contributed by atoms with Gasteiger partial charge in [-0.15, -0.1) is 0 Å². The van der Waals surface area contributed by atoms with Gasteiger partial charge in [-0.25, -0.2) is 0 Å². The molecule has 0 unspecified atom stereocenters. The van der Waals surface area contributed by atoms with Crippen LogP contribution in [0.15, 0.2) is 12.1 Å². The van der Waals surface area contributed by atoms with Gasteiger partial charge in [0.15, 0.2) is 0 Å². The van der Waals surface area contributed by atoms with E-state index in [0.717, 1.165) is 0 Å². The Morgan fingerprint density at radius 3 is 1.89 bits per heavy atom. The van der Waals surface area contributed by atoms with Crippen molar-refractivity contribution in [3.63, 3.8) is 0 Å². The summed E-state index contributed by atoms with van der Waals surface area (Å²) < 4.78 is 74.9. The standard InChI is InChI=1S/C9H4ClF6NO/c10-6-4(8(11,12)13)2-1-3(7(17)18)5(6)9(14,15)16/h1-2H,(H2,17,18). The van der Waals surface area contributed by atoms with Crippen molar-refractivity contribution in [2.75, 3.05) is 0 Å². The first-order valence-electron chi connectivity index (χ1n) is 4.23. The predicted molar refractivity (Wildman–Crippen MR) is 50.0 cm³/mol. The van der Waals surface area contributed by atoms with E-state index in [1.807, 2.05) is 0 Å². The maximum absolute atomic E-state index is 12.6. The van der Waals surface area contributed by atoms with E-state index < -0.39 is 40.0 Å². The lowest BCUT2D eigenvalue weighted by atomic mass is 10.0. The van der Waals surface area contributed by atoms with Crippen molar-refractivity contribution < 1.29 is 31.1 Å². The van der Waals surface area contributed by atoms with E-state index >= 15 is 0 Å². The van der Waals surface area contributed by atoms with E-state index in [2.05, 4.69) is 5.73 Å². The zero-order valence-electron chi connectivity index (χ0n) is 8.29. The fourth-order valence-corrected chi connectivity index (χ4v) is 1.66. The van der Waals surface area contributed by atoms with Crippen molar-refractivity contribution in [2.45, 2.75) is 12.4 Å². The highest BCUT2D eigenvalue weighted by molar-refractivity contribution is 6.32. The molecule has 1 aromatic rings. The third-order valence-electron chi connectivity index (χ3n) is 2.00. The van der Waals surface area contributed by atoms with Crippen LogP contribution in [-0.2, 0) is 12.4 Å². The van der Waals surface area contributed by atoms with Gasteiger partial charge >= 0.3 is 12.4 Å². The minimum atomic E-state index is -5.22. The second-order valence-corrected chi connectivity index (χ2v) is 3.59. The van der Waals surface area contributed by atoms with Gasteiger partial charge in [0.2, 0.25) is 5.91 Å². The number of amides is 1. The molecule has 0 bridgehead atoms. The van der Waals surface area contributed by atoms with Crippen LogP contribution in [0.1, 0.15) is 21.5 Å². The summed E-state index contributed by atoms with van der Waals surface area (Å²) in [5.41, 5.74) is -0.0123. The summed E-state index contributed by atoms with van der Waals surface area (Å²) in [6.07, 6.45) is -10.3. The molecule has 18 heavy (non-hydrogen) atoms. The zero-order chi connectivity index (χ0) is 14.3. The Morgan fingerprint density at radius 1 is 1.06 bits per heavy atom. The first-order valence-corrected chi connectivity index (χ1v) is 4.60. The number of hydrogen-bond acceptors (Lipinski definition) is 1. The minimum Gasteiger partial charge on any atom is -0.366 e. The Bertz CT molecular complexity index is 493. The molecule has 0 aromatic heterocycles. The van der Waals surface area contributed by atoms with Crippen LogP contribution in [0.3, 0.4) is 0 Å². The third kappa shape index (κ3) is 2.69. The van der Waals surface area contributed by atoms with Gasteiger partial charge in [0, 0.05) is 0 Å². The molecule has 0 aliphatic heterocycles. The number of carbonyl (C=O) groups excluding carboxylic acids is 1. The largest absolute Gasteiger partial charge is 0.418 e. The average Bonchev–Trinajstić information content (AvgIpc) is 2.12. The van der Waals surface area contributed by atoms with Gasteiger partial charge in [0.05, 0.1) is 21.7 Å². The number of nitrogens with two attached hydrogens (primary N) is 1. The maximum Gasteiger partial charge on any atom is 0.418 e. The Kier molecular flexibility index (Phi) is 3.53. The lowest BCUT2D eigenvalue weighted by Gasteiger charge is -2.17. The highest BCUT2D eigenvalue weighted by atomic mass is 35.5. The van der Waals surface area contributed by atoms with Crippen LogP contribution < -0.4 is 5.73 Å². The van der Waals surface area contributed by atoms with Gasteiger partial charge < -0.3 is 5.73 Å². The van der Waals surface area contributed by atoms with E-state index in [0.29, 0.717) is 6.07 Å². The predicted octanol–water partition coefficient (Wildman–Crippen LogP) is 3.48. The fraction of sp³-hybridized carbons (Fsp3) is 0.222. The van der Waals surface area contributed by atoms with Gasteiger partial charge in [0.1, 0.15) is 0 Å². The SMILES string of the molecule is NC(=O)c1ccc(C(F)(F)F)c(Cl)c1C(F)(F)F. The van der Waals surface area contributed by atoms with Crippen molar-refractivity contribution >= 4 is 17.5 Å². The topological polar surface area (TPSA) is 43.1 Å². The van der Waals surface area contributed by atoms with Gasteiger partial charge in [-0.3, -0.25) is 4.79 Å². The first-order chi connectivity index (χ1) is 7.96. The van der Waals surface area contributed by atoms with Crippen molar-refractivity contribution in [3.8, 4) is 0 Å². The Balaban J connectivity index is 3.67. The van der Waals surface area contributed by atoms with Crippen molar-refractivity contribution in [3.05, 3.63) is 33.8 Å². The first kappa shape index (κ1) is 14.6. The molecule has 0 aliphatic carbocycles.